The van der Waals surface area contributed by atoms with Gasteiger partial charge in [0.1, 0.15) is 11.5 Å². The standard InChI is InChI=1S/C20H16BrCl2N5O3/c1-10-6-12(22)7-13(19(30)25-8-11(2)29)16(10)27-20(31)17-14(21)9-26-28(17)18-15(23)4-3-5-24-18/h3-7,9H,8H2,1-2H3,(H,25,30)(H,27,31). The number of hydrogen-bond donors (Lipinski definition) is 2. The predicted octanol–water partition coefficient (Wildman–Crippen LogP) is 4.22. The Hall–Kier alpha value is -2.75. The molecule has 0 aliphatic carbocycles. The van der Waals surface area contributed by atoms with Crippen LogP contribution in [0.25, 0.3) is 5.82 Å². The van der Waals surface area contributed by atoms with Gasteiger partial charge in [-0.3, -0.25) is 14.4 Å². The molecule has 3 rings (SSSR count). The number of nitrogens with zero attached hydrogens (tertiary/aromatic N) is 3. The minimum absolute atomic E-state index is 0.123. The number of anilines is 1. The SMILES string of the molecule is CC(=O)CNC(=O)c1cc(Cl)cc(C)c1NC(=O)c1c(Br)cnn1-c1ncccc1Cl. The average molecular weight is 525 g/mol. The summed E-state index contributed by atoms with van der Waals surface area (Å²) in [5.74, 6) is -1.04. The highest BCUT2D eigenvalue weighted by atomic mass is 79.9. The van der Waals surface area contributed by atoms with Gasteiger partial charge >= 0.3 is 0 Å². The van der Waals surface area contributed by atoms with E-state index in [4.69, 9.17) is 23.2 Å². The van der Waals surface area contributed by atoms with Crippen molar-refractivity contribution in [3.05, 3.63) is 68.0 Å². The van der Waals surface area contributed by atoms with Crippen molar-refractivity contribution in [1.29, 1.82) is 0 Å². The molecule has 160 valence electrons. The second-order valence-electron chi connectivity index (χ2n) is 6.55. The number of halogens is 3. The first-order chi connectivity index (χ1) is 14.7. The zero-order valence-electron chi connectivity index (χ0n) is 16.4. The van der Waals surface area contributed by atoms with Crippen LogP contribution in [0, 0.1) is 6.92 Å². The Morgan fingerprint density at radius 3 is 2.61 bits per heavy atom. The van der Waals surface area contributed by atoms with Crippen molar-refractivity contribution in [1.82, 2.24) is 20.1 Å². The summed E-state index contributed by atoms with van der Waals surface area (Å²) in [5, 5.41) is 10.0. The van der Waals surface area contributed by atoms with E-state index in [1.54, 1.807) is 25.1 Å². The van der Waals surface area contributed by atoms with Crippen LogP contribution in [0.4, 0.5) is 5.69 Å². The van der Waals surface area contributed by atoms with E-state index in [0.29, 0.717) is 20.1 Å². The number of aryl methyl sites for hydroxylation is 1. The average Bonchev–Trinajstić information content (AvgIpc) is 3.09. The van der Waals surface area contributed by atoms with Crippen molar-refractivity contribution in [2.75, 3.05) is 11.9 Å². The van der Waals surface area contributed by atoms with Crippen molar-refractivity contribution in [2.24, 2.45) is 0 Å². The van der Waals surface area contributed by atoms with E-state index in [2.05, 4.69) is 36.6 Å². The second-order valence-corrected chi connectivity index (χ2v) is 8.24. The zero-order chi connectivity index (χ0) is 22.7. The number of nitrogens with one attached hydrogen (secondary N) is 2. The molecule has 0 saturated heterocycles. The molecule has 11 heteroatoms. The van der Waals surface area contributed by atoms with Crippen LogP contribution in [0.2, 0.25) is 10.0 Å². The topological polar surface area (TPSA) is 106 Å². The van der Waals surface area contributed by atoms with Crippen LogP contribution < -0.4 is 10.6 Å². The Kier molecular flexibility index (Phi) is 7.09. The third kappa shape index (κ3) is 5.12. The van der Waals surface area contributed by atoms with Gasteiger partial charge < -0.3 is 10.6 Å². The maximum Gasteiger partial charge on any atom is 0.275 e. The fourth-order valence-corrected chi connectivity index (χ4v) is 3.70. The van der Waals surface area contributed by atoms with E-state index >= 15 is 0 Å². The van der Waals surface area contributed by atoms with Gasteiger partial charge in [-0.05, 0) is 59.6 Å². The number of carbonyl (C=O) groups excluding carboxylic acids is 3. The molecule has 0 bridgehead atoms. The first kappa shape index (κ1) is 22.9. The normalized spacial score (nSPS) is 10.6. The van der Waals surface area contributed by atoms with Gasteiger partial charge in [-0.15, -0.1) is 0 Å². The molecule has 0 fully saturated rings. The molecule has 1 aromatic carbocycles. The Morgan fingerprint density at radius 2 is 1.94 bits per heavy atom. The lowest BCUT2D eigenvalue weighted by atomic mass is 10.1. The summed E-state index contributed by atoms with van der Waals surface area (Å²) in [6, 6.07) is 6.32. The maximum absolute atomic E-state index is 13.2. The summed E-state index contributed by atoms with van der Waals surface area (Å²) < 4.78 is 1.70. The zero-order valence-corrected chi connectivity index (χ0v) is 19.5. The molecular weight excluding hydrogens is 509 g/mol. The number of amides is 2. The van der Waals surface area contributed by atoms with Gasteiger partial charge in [0.25, 0.3) is 11.8 Å². The molecule has 2 N–H and O–H groups in total. The molecule has 0 aliphatic heterocycles. The van der Waals surface area contributed by atoms with Gasteiger partial charge in [-0.1, -0.05) is 23.2 Å². The van der Waals surface area contributed by atoms with Crippen LogP contribution in [0.1, 0.15) is 33.3 Å². The Balaban J connectivity index is 2.00. The summed E-state index contributed by atoms with van der Waals surface area (Å²) >= 11 is 15.6. The lowest BCUT2D eigenvalue weighted by Crippen LogP contribution is -2.30. The highest BCUT2D eigenvalue weighted by Crippen LogP contribution is 2.28. The number of benzene rings is 1. The van der Waals surface area contributed by atoms with Gasteiger partial charge in [-0.25, -0.2) is 9.67 Å². The van der Waals surface area contributed by atoms with E-state index in [1.165, 1.54) is 30.1 Å². The molecular formula is C20H16BrCl2N5O3. The number of Topliss-reactive ketones (excluding diaryl/α,β-unsaturated/α-hetero) is 1. The fourth-order valence-electron chi connectivity index (χ4n) is 2.79. The van der Waals surface area contributed by atoms with Gasteiger partial charge in [0.15, 0.2) is 5.82 Å². The quantitative estimate of drug-likeness (QED) is 0.502. The molecule has 0 radical (unpaired) electrons. The van der Waals surface area contributed by atoms with Gasteiger partial charge in [0.2, 0.25) is 0 Å². The van der Waals surface area contributed by atoms with E-state index < -0.39 is 11.8 Å². The first-order valence-electron chi connectivity index (χ1n) is 8.92. The van der Waals surface area contributed by atoms with E-state index in [1.807, 2.05) is 0 Å². The van der Waals surface area contributed by atoms with Gasteiger partial charge in [0.05, 0.1) is 33.5 Å². The van der Waals surface area contributed by atoms with Crippen molar-refractivity contribution >= 4 is 62.4 Å². The van der Waals surface area contributed by atoms with Crippen molar-refractivity contribution in [3.8, 4) is 5.82 Å². The lowest BCUT2D eigenvalue weighted by molar-refractivity contribution is -0.116. The minimum Gasteiger partial charge on any atom is -0.345 e. The fraction of sp³-hybridized carbons (Fsp3) is 0.150. The first-order valence-corrected chi connectivity index (χ1v) is 10.5. The van der Waals surface area contributed by atoms with Gasteiger partial charge in [-0.2, -0.15) is 5.10 Å². The molecule has 2 aromatic heterocycles. The molecule has 0 spiro atoms. The molecule has 0 aliphatic rings. The number of carbonyl (C=O) groups is 3. The lowest BCUT2D eigenvalue weighted by Gasteiger charge is -2.15. The van der Waals surface area contributed by atoms with E-state index in [0.717, 1.165) is 0 Å². The number of aromatic nitrogens is 3. The molecule has 8 nitrogen and oxygen atoms in total. The van der Waals surface area contributed by atoms with Crippen molar-refractivity contribution < 1.29 is 14.4 Å². The maximum atomic E-state index is 13.2. The van der Waals surface area contributed by atoms with Gasteiger partial charge in [0, 0.05) is 11.2 Å². The summed E-state index contributed by atoms with van der Waals surface area (Å²) in [4.78, 5) is 41.2. The smallest absolute Gasteiger partial charge is 0.275 e. The highest BCUT2D eigenvalue weighted by Gasteiger charge is 2.24. The molecule has 31 heavy (non-hydrogen) atoms. The monoisotopic (exact) mass is 523 g/mol. The summed E-state index contributed by atoms with van der Waals surface area (Å²) in [6.07, 6.45) is 2.97. The van der Waals surface area contributed by atoms with Crippen LogP contribution in [-0.2, 0) is 4.79 Å². The second kappa shape index (κ2) is 9.59. The summed E-state index contributed by atoms with van der Waals surface area (Å²) in [7, 11) is 0. The van der Waals surface area contributed by atoms with Crippen molar-refractivity contribution in [2.45, 2.75) is 13.8 Å². The Morgan fingerprint density at radius 1 is 1.19 bits per heavy atom. The Bertz CT molecular complexity index is 1200. The third-order valence-electron chi connectivity index (χ3n) is 4.16. The summed E-state index contributed by atoms with van der Waals surface area (Å²) in [5.41, 5.74) is 1.07. The minimum atomic E-state index is -0.558. The van der Waals surface area contributed by atoms with Crippen LogP contribution >= 0.6 is 39.1 Å². The van der Waals surface area contributed by atoms with Crippen LogP contribution in [-0.4, -0.2) is 38.9 Å². The third-order valence-corrected chi connectivity index (χ3v) is 5.25. The molecule has 0 saturated carbocycles. The number of ketones is 1. The largest absolute Gasteiger partial charge is 0.345 e. The van der Waals surface area contributed by atoms with Crippen molar-refractivity contribution in [3.63, 3.8) is 0 Å². The molecule has 2 heterocycles. The molecule has 3 aromatic rings. The van der Waals surface area contributed by atoms with Crippen LogP contribution in [0.3, 0.4) is 0 Å². The Labute approximate surface area is 196 Å². The number of pyridine rings is 1. The van der Waals surface area contributed by atoms with Crippen LogP contribution in [0.5, 0.6) is 0 Å². The highest BCUT2D eigenvalue weighted by molar-refractivity contribution is 9.10. The van der Waals surface area contributed by atoms with Crippen LogP contribution in [0.15, 0.2) is 41.1 Å². The predicted molar refractivity (Wildman–Crippen MR) is 121 cm³/mol. The number of rotatable bonds is 6. The molecule has 0 unspecified atom stereocenters. The van der Waals surface area contributed by atoms with E-state index in [9.17, 15) is 14.4 Å². The summed E-state index contributed by atoms with van der Waals surface area (Å²) in [6.45, 7) is 2.91. The van der Waals surface area contributed by atoms with E-state index in [-0.39, 0.29) is 35.1 Å². The molecule has 0 atom stereocenters. The molecule has 2 amide bonds. The number of hydrogen-bond acceptors (Lipinski definition) is 5.